The van der Waals surface area contributed by atoms with Crippen LogP contribution in [-0.2, 0) is 17.9 Å². The number of alkyl halides is 3. The molecule has 0 atom stereocenters. The molecule has 0 aliphatic carbocycles. The van der Waals surface area contributed by atoms with E-state index in [0.717, 1.165) is 24.5 Å². The van der Waals surface area contributed by atoms with E-state index in [4.69, 9.17) is 0 Å². The second-order valence-electron chi connectivity index (χ2n) is 4.78. The van der Waals surface area contributed by atoms with Gasteiger partial charge < -0.3 is 15.4 Å². The van der Waals surface area contributed by atoms with Crippen LogP contribution in [-0.4, -0.2) is 32.3 Å². The Morgan fingerprint density at radius 3 is 2.26 bits per heavy atom. The maximum absolute atomic E-state index is 12.0. The van der Waals surface area contributed by atoms with Crippen molar-refractivity contribution in [3.63, 3.8) is 0 Å². The molecule has 0 aromatic heterocycles. The Hall–Kier alpha value is -1.03. The minimum absolute atomic E-state index is 0. The predicted octanol–water partition coefficient (Wildman–Crippen LogP) is 3.46. The summed E-state index contributed by atoms with van der Waals surface area (Å²) < 4.78 is 40.5. The highest BCUT2D eigenvalue weighted by Gasteiger charge is 2.27. The lowest BCUT2D eigenvalue weighted by atomic mass is 10.1. The smallest absolute Gasteiger partial charge is 0.367 e. The first-order valence-electron chi connectivity index (χ1n) is 7.11. The van der Waals surface area contributed by atoms with Crippen molar-refractivity contribution in [2.45, 2.75) is 32.7 Å². The third-order valence-corrected chi connectivity index (χ3v) is 2.78. The minimum atomic E-state index is -4.29. The lowest BCUT2D eigenvalue weighted by Gasteiger charge is -2.11. The molecule has 1 aromatic carbocycles. The molecule has 0 unspecified atom stereocenters. The number of nitrogens with zero attached hydrogens (tertiary/aromatic N) is 1. The fraction of sp³-hybridized carbons (Fsp3) is 0.533. The Balaban J connectivity index is 0.00000484. The van der Waals surface area contributed by atoms with Crippen molar-refractivity contribution in [3.8, 4) is 0 Å². The van der Waals surface area contributed by atoms with E-state index in [0.29, 0.717) is 12.1 Å². The van der Waals surface area contributed by atoms with Crippen LogP contribution in [0.25, 0.3) is 0 Å². The van der Waals surface area contributed by atoms with E-state index in [1.807, 2.05) is 12.1 Å². The molecule has 1 aromatic rings. The lowest BCUT2D eigenvalue weighted by Crippen LogP contribution is -2.37. The van der Waals surface area contributed by atoms with E-state index in [1.54, 1.807) is 19.2 Å². The van der Waals surface area contributed by atoms with Crippen LogP contribution in [0.4, 0.5) is 13.2 Å². The summed E-state index contributed by atoms with van der Waals surface area (Å²) in [7, 11) is 1.70. The van der Waals surface area contributed by atoms with Crippen LogP contribution in [0.2, 0.25) is 0 Å². The van der Waals surface area contributed by atoms with E-state index in [2.05, 4.69) is 27.3 Å². The maximum atomic E-state index is 12.0. The van der Waals surface area contributed by atoms with Crippen LogP contribution in [0, 0.1) is 0 Å². The predicted molar refractivity (Wildman–Crippen MR) is 96.1 cm³/mol. The van der Waals surface area contributed by atoms with E-state index >= 15 is 0 Å². The van der Waals surface area contributed by atoms with E-state index in [1.165, 1.54) is 0 Å². The largest absolute Gasteiger partial charge is 0.411 e. The number of hydrogen-bond acceptors (Lipinski definition) is 2. The van der Waals surface area contributed by atoms with Crippen molar-refractivity contribution in [2.75, 3.05) is 20.2 Å². The first-order chi connectivity index (χ1) is 10.4. The van der Waals surface area contributed by atoms with E-state index in [-0.39, 0.29) is 30.6 Å². The van der Waals surface area contributed by atoms with Crippen LogP contribution < -0.4 is 10.6 Å². The molecule has 0 saturated carbocycles. The number of rotatable bonds is 7. The molecule has 8 heteroatoms. The Kier molecular flexibility index (Phi) is 11.0. The van der Waals surface area contributed by atoms with Crippen molar-refractivity contribution in [1.82, 2.24) is 10.6 Å². The van der Waals surface area contributed by atoms with Gasteiger partial charge in [0.25, 0.3) is 0 Å². The van der Waals surface area contributed by atoms with Gasteiger partial charge in [0.1, 0.15) is 6.61 Å². The third kappa shape index (κ3) is 10.4. The second-order valence-corrected chi connectivity index (χ2v) is 4.78. The highest BCUT2D eigenvalue weighted by molar-refractivity contribution is 14.0. The summed E-state index contributed by atoms with van der Waals surface area (Å²) in [6.07, 6.45) is -3.28. The fourth-order valence-corrected chi connectivity index (χ4v) is 1.69. The number of halogens is 4. The third-order valence-electron chi connectivity index (χ3n) is 2.78. The molecule has 0 aliphatic heterocycles. The van der Waals surface area contributed by atoms with Crippen LogP contribution in [0.5, 0.6) is 0 Å². The highest BCUT2D eigenvalue weighted by atomic mass is 127. The summed E-state index contributed by atoms with van der Waals surface area (Å²) in [5.41, 5.74) is 1.72. The van der Waals surface area contributed by atoms with Crippen LogP contribution >= 0.6 is 24.0 Å². The molecule has 2 N–H and O–H groups in total. The molecule has 0 amide bonds. The average molecular weight is 445 g/mol. The van der Waals surface area contributed by atoms with Gasteiger partial charge in [-0.2, -0.15) is 13.2 Å². The summed E-state index contributed by atoms with van der Waals surface area (Å²) >= 11 is 0. The molecule has 0 radical (unpaired) electrons. The molecule has 132 valence electrons. The Morgan fingerprint density at radius 2 is 1.74 bits per heavy atom. The number of guanidine groups is 1. The Labute approximate surface area is 151 Å². The monoisotopic (exact) mass is 445 g/mol. The first kappa shape index (κ1) is 22.0. The van der Waals surface area contributed by atoms with Crippen molar-refractivity contribution in [2.24, 2.45) is 4.99 Å². The summed E-state index contributed by atoms with van der Waals surface area (Å²) in [4.78, 5) is 4.09. The summed E-state index contributed by atoms with van der Waals surface area (Å²) in [6.45, 7) is 2.23. The summed E-state index contributed by atoms with van der Waals surface area (Å²) in [5.74, 6) is 0.722. The second kappa shape index (κ2) is 11.5. The fourth-order valence-electron chi connectivity index (χ4n) is 1.69. The van der Waals surface area contributed by atoms with Gasteiger partial charge in [-0.25, -0.2) is 0 Å². The van der Waals surface area contributed by atoms with Gasteiger partial charge in [-0.15, -0.1) is 24.0 Å². The van der Waals surface area contributed by atoms with E-state index in [9.17, 15) is 13.2 Å². The maximum Gasteiger partial charge on any atom is 0.411 e. The standard InChI is InChI=1S/C15H22F3N3O.HI/c1-3-8-20-14(19-2)21-9-12-4-6-13(7-5-12)10-22-11-15(16,17)18;/h4-7H,3,8-11H2,1-2H3,(H2,19,20,21);1H. The first-order valence-corrected chi connectivity index (χ1v) is 7.11. The average Bonchev–Trinajstić information content (AvgIpc) is 2.47. The molecule has 0 bridgehead atoms. The van der Waals surface area contributed by atoms with Crippen molar-refractivity contribution >= 4 is 29.9 Å². The number of benzene rings is 1. The van der Waals surface area contributed by atoms with Crippen molar-refractivity contribution in [3.05, 3.63) is 35.4 Å². The highest BCUT2D eigenvalue weighted by Crippen LogP contribution is 2.15. The molecular formula is C15H23F3IN3O. The summed E-state index contributed by atoms with van der Waals surface area (Å²) in [6, 6.07) is 7.23. The lowest BCUT2D eigenvalue weighted by molar-refractivity contribution is -0.176. The number of ether oxygens (including phenoxy) is 1. The van der Waals surface area contributed by atoms with Gasteiger partial charge >= 0.3 is 6.18 Å². The zero-order valence-corrected chi connectivity index (χ0v) is 15.6. The van der Waals surface area contributed by atoms with E-state index < -0.39 is 12.8 Å². The van der Waals surface area contributed by atoms with Crippen molar-refractivity contribution < 1.29 is 17.9 Å². The van der Waals surface area contributed by atoms with Crippen LogP contribution in [0.15, 0.2) is 29.3 Å². The molecule has 0 heterocycles. The zero-order chi connectivity index (χ0) is 16.4. The van der Waals surface area contributed by atoms with Gasteiger partial charge in [-0.3, -0.25) is 4.99 Å². The molecule has 4 nitrogen and oxygen atoms in total. The quantitative estimate of drug-likeness (QED) is 0.384. The number of nitrogens with one attached hydrogen (secondary N) is 2. The normalized spacial score (nSPS) is 11.8. The number of aliphatic imine (C=N–C) groups is 1. The minimum Gasteiger partial charge on any atom is -0.367 e. The van der Waals surface area contributed by atoms with Gasteiger partial charge in [-0.1, -0.05) is 31.2 Å². The zero-order valence-electron chi connectivity index (χ0n) is 13.2. The SMILES string of the molecule is CCCNC(=NC)NCc1ccc(COCC(F)(F)F)cc1.I. The van der Waals surface area contributed by atoms with Crippen molar-refractivity contribution in [1.29, 1.82) is 0 Å². The van der Waals surface area contributed by atoms with Gasteiger partial charge in [0, 0.05) is 20.1 Å². The van der Waals surface area contributed by atoms with Gasteiger partial charge in [0.15, 0.2) is 5.96 Å². The van der Waals surface area contributed by atoms with Gasteiger partial charge in [0.2, 0.25) is 0 Å². The molecule has 0 fully saturated rings. The van der Waals surface area contributed by atoms with Gasteiger partial charge in [0.05, 0.1) is 6.61 Å². The molecular weight excluding hydrogens is 422 g/mol. The summed E-state index contributed by atoms with van der Waals surface area (Å²) in [5, 5.41) is 6.32. The molecule has 1 rings (SSSR count). The molecule has 0 aliphatic rings. The molecule has 23 heavy (non-hydrogen) atoms. The van der Waals surface area contributed by atoms with Gasteiger partial charge in [-0.05, 0) is 17.5 Å². The molecule has 0 spiro atoms. The number of hydrogen-bond donors (Lipinski definition) is 2. The molecule has 0 saturated heterocycles. The van der Waals surface area contributed by atoms with Crippen LogP contribution in [0.1, 0.15) is 24.5 Å². The Bertz CT molecular complexity index is 464. The Morgan fingerprint density at radius 1 is 1.13 bits per heavy atom. The topological polar surface area (TPSA) is 45.7 Å². The van der Waals surface area contributed by atoms with Crippen LogP contribution in [0.3, 0.4) is 0 Å².